The zero-order chi connectivity index (χ0) is 11.0. The molecule has 0 saturated carbocycles. The van der Waals surface area contributed by atoms with Gasteiger partial charge in [-0.1, -0.05) is 0 Å². The molecule has 0 aliphatic rings. The monoisotopic (exact) mass is 217 g/mol. The molecule has 0 amide bonds. The molecule has 0 bridgehead atoms. The highest BCUT2D eigenvalue weighted by molar-refractivity contribution is 7.71. The van der Waals surface area contributed by atoms with Gasteiger partial charge in [0.1, 0.15) is 0 Å². The van der Waals surface area contributed by atoms with E-state index in [0.29, 0.717) is 16.4 Å². The molecular formula is C11H11N3S. The van der Waals surface area contributed by atoms with Gasteiger partial charge in [0, 0.05) is 6.04 Å². The number of nitrogens with one attached hydrogen (secondary N) is 1. The lowest BCUT2D eigenvalue weighted by molar-refractivity contribution is 0.610. The van der Waals surface area contributed by atoms with Gasteiger partial charge in [0.25, 0.3) is 0 Å². The Morgan fingerprint density at radius 3 is 2.80 bits per heavy atom. The van der Waals surface area contributed by atoms with Gasteiger partial charge in [0.2, 0.25) is 0 Å². The summed E-state index contributed by atoms with van der Waals surface area (Å²) in [5.41, 5.74) is 2.63. The zero-order valence-corrected chi connectivity index (χ0v) is 9.43. The molecule has 0 radical (unpaired) electrons. The van der Waals surface area contributed by atoms with Gasteiger partial charge in [-0.2, -0.15) is 5.26 Å². The van der Waals surface area contributed by atoms with Crippen LogP contribution in [-0.2, 0) is 0 Å². The molecule has 2 aromatic rings. The van der Waals surface area contributed by atoms with Gasteiger partial charge >= 0.3 is 0 Å². The molecule has 76 valence electrons. The van der Waals surface area contributed by atoms with Crippen molar-refractivity contribution in [3.8, 4) is 6.07 Å². The van der Waals surface area contributed by atoms with Crippen molar-refractivity contribution < 1.29 is 0 Å². The summed E-state index contributed by atoms with van der Waals surface area (Å²) in [7, 11) is 0. The fraction of sp³-hybridized carbons (Fsp3) is 0.273. The van der Waals surface area contributed by atoms with Crippen molar-refractivity contribution in [2.75, 3.05) is 0 Å². The predicted molar refractivity (Wildman–Crippen MR) is 62.2 cm³/mol. The van der Waals surface area contributed by atoms with Crippen LogP contribution >= 0.6 is 12.2 Å². The average Bonchev–Trinajstić information content (AvgIpc) is 2.52. The van der Waals surface area contributed by atoms with Gasteiger partial charge < -0.3 is 9.55 Å². The van der Waals surface area contributed by atoms with Crippen LogP contribution in [0.25, 0.3) is 11.0 Å². The van der Waals surface area contributed by atoms with Crippen molar-refractivity contribution in [1.29, 1.82) is 5.26 Å². The maximum atomic E-state index is 8.84. The number of H-pyrrole nitrogens is 1. The van der Waals surface area contributed by atoms with Crippen molar-refractivity contribution in [1.82, 2.24) is 9.55 Å². The molecule has 1 N–H and O–H groups in total. The van der Waals surface area contributed by atoms with Crippen LogP contribution in [0.4, 0.5) is 0 Å². The van der Waals surface area contributed by atoms with Crippen LogP contribution in [-0.4, -0.2) is 9.55 Å². The Kier molecular flexibility index (Phi) is 2.33. The van der Waals surface area contributed by atoms with Gasteiger partial charge in [-0.05, 0) is 44.3 Å². The zero-order valence-electron chi connectivity index (χ0n) is 8.61. The molecule has 0 spiro atoms. The van der Waals surface area contributed by atoms with Crippen LogP contribution < -0.4 is 0 Å². The number of fused-ring (bicyclic) bond motifs is 1. The largest absolute Gasteiger partial charge is 0.331 e. The van der Waals surface area contributed by atoms with E-state index in [1.165, 1.54) is 0 Å². The summed E-state index contributed by atoms with van der Waals surface area (Å²) in [5.74, 6) is 0. The highest BCUT2D eigenvalue weighted by atomic mass is 32.1. The third-order valence-corrected chi connectivity index (χ3v) is 2.66. The molecule has 15 heavy (non-hydrogen) atoms. The first-order valence-electron chi connectivity index (χ1n) is 4.78. The Labute approximate surface area is 93.0 Å². The lowest BCUT2D eigenvalue weighted by atomic mass is 10.2. The third kappa shape index (κ3) is 1.55. The number of imidazole rings is 1. The van der Waals surface area contributed by atoms with E-state index in [1.54, 1.807) is 6.07 Å². The summed E-state index contributed by atoms with van der Waals surface area (Å²) in [6.07, 6.45) is 0. The molecule has 0 fully saturated rings. The highest BCUT2D eigenvalue weighted by Gasteiger charge is 2.07. The lowest BCUT2D eigenvalue weighted by Crippen LogP contribution is -2.00. The molecule has 2 rings (SSSR count). The number of nitrogens with zero attached hydrogens (tertiary/aromatic N) is 2. The fourth-order valence-corrected chi connectivity index (χ4v) is 2.12. The fourth-order valence-electron chi connectivity index (χ4n) is 1.70. The minimum absolute atomic E-state index is 0.292. The first-order valence-corrected chi connectivity index (χ1v) is 5.18. The van der Waals surface area contributed by atoms with E-state index in [-0.39, 0.29) is 0 Å². The maximum absolute atomic E-state index is 8.84. The van der Waals surface area contributed by atoms with Gasteiger partial charge in [-0.3, -0.25) is 0 Å². The van der Waals surface area contributed by atoms with Crippen molar-refractivity contribution in [2.24, 2.45) is 0 Å². The van der Waals surface area contributed by atoms with E-state index in [4.69, 9.17) is 17.5 Å². The number of hydrogen-bond acceptors (Lipinski definition) is 2. The van der Waals surface area contributed by atoms with Crippen molar-refractivity contribution in [3.05, 3.63) is 28.5 Å². The Hall–Kier alpha value is -1.60. The number of benzene rings is 1. The number of hydrogen-bond donors (Lipinski definition) is 1. The second-order valence-electron chi connectivity index (χ2n) is 3.74. The highest BCUT2D eigenvalue weighted by Crippen LogP contribution is 2.19. The second-order valence-corrected chi connectivity index (χ2v) is 4.12. The smallest absolute Gasteiger partial charge is 0.178 e. The number of aromatic amines is 1. The van der Waals surface area contributed by atoms with E-state index >= 15 is 0 Å². The van der Waals surface area contributed by atoms with E-state index in [2.05, 4.69) is 24.9 Å². The Bertz CT molecular complexity index is 598. The quantitative estimate of drug-likeness (QED) is 0.746. The Balaban J connectivity index is 2.85. The Morgan fingerprint density at radius 2 is 2.20 bits per heavy atom. The van der Waals surface area contributed by atoms with Gasteiger partial charge in [-0.15, -0.1) is 0 Å². The maximum Gasteiger partial charge on any atom is 0.178 e. The molecule has 0 atom stereocenters. The van der Waals surface area contributed by atoms with E-state index < -0.39 is 0 Å². The third-order valence-electron chi connectivity index (χ3n) is 2.36. The van der Waals surface area contributed by atoms with Crippen molar-refractivity contribution >= 4 is 23.3 Å². The van der Waals surface area contributed by atoms with Crippen LogP contribution in [0.3, 0.4) is 0 Å². The second kappa shape index (κ2) is 3.52. The normalized spacial score (nSPS) is 10.8. The van der Waals surface area contributed by atoms with Crippen LogP contribution in [0.5, 0.6) is 0 Å². The predicted octanol–water partition coefficient (Wildman–Crippen LogP) is 3.15. The summed E-state index contributed by atoms with van der Waals surface area (Å²) in [5, 5.41) is 8.84. The van der Waals surface area contributed by atoms with Crippen molar-refractivity contribution in [2.45, 2.75) is 19.9 Å². The van der Waals surface area contributed by atoms with Gasteiger partial charge in [-0.25, -0.2) is 0 Å². The summed E-state index contributed by atoms with van der Waals surface area (Å²) >= 11 is 5.23. The summed E-state index contributed by atoms with van der Waals surface area (Å²) in [6, 6.07) is 7.97. The van der Waals surface area contributed by atoms with E-state index in [1.807, 2.05) is 16.7 Å². The van der Waals surface area contributed by atoms with Crippen molar-refractivity contribution in [3.63, 3.8) is 0 Å². The van der Waals surface area contributed by atoms with Crippen LogP contribution in [0, 0.1) is 16.1 Å². The standard InChI is InChI=1S/C11H11N3S/c1-7(2)14-10-5-8(6-12)3-4-9(10)13-11(14)15/h3-5,7H,1-2H3,(H,13,15). The number of rotatable bonds is 1. The molecule has 1 heterocycles. The number of nitriles is 1. The summed E-state index contributed by atoms with van der Waals surface area (Å²) < 4.78 is 2.72. The SMILES string of the molecule is CC(C)n1c(=S)[nH]c2ccc(C#N)cc21. The summed E-state index contributed by atoms with van der Waals surface area (Å²) in [6.45, 7) is 4.14. The minimum atomic E-state index is 0.292. The molecule has 1 aromatic heterocycles. The Morgan fingerprint density at radius 1 is 1.47 bits per heavy atom. The van der Waals surface area contributed by atoms with Crippen LogP contribution in [0.15, 0.2) is 18.2 Å². The molecule has 3 nitrogen and oxygen atoms in total. The first kappa shape index (κ1) is 9.94. The first-order chi connectivity index (χ1) is 7.13. The topological polar surface area (TPSA) is 44.5 Å². The number of aromatic nitrogens is 2. The lowest BCUT2D eigenvalue weighted by Gasteiger charge is -2.07. The minimum Gasteiger partial charge on any atom is -0.331 e. The molecule has 0 saturated heterocycles. The summed E-state index contributed by atoms with van der Waals surface area (Å²) in [4.78, 5) is 3.13. The van der Waals surface area contributed by atoms with Gasteiger partial charge in [0.05, 0.1) is 22.7 Å². The van der Waals surface area contributed by atoms with Crippen LogP contribution in [0.2, 0.25) is 0 Å². The van der Waals surface area contributed by atoms with E-state index in [0.717, 1.165) is 11.0 Å². The molecule has 4 heteroatoms. The van der Waals surface area contributed by atoms with Gasteiger partial charge in [0.15, 0.2) is 4.77 Å². The molecule has 0 aliphatic heterocycles. The molecule has 1 aromatic carbocycles. The van der Waals surface area contributed by atoms with Crippen LogP contribution in [0.1, 0.15) is 25.5 Å². The molecule has 0 aliphatic carbocycles. The van der Waals surface area contributed by atoms with E-state index in [9.17, 15) is 0 Å². The molecular weight excluding hydrogens is 206 g/mol. The average molecular weight is 217 g/mol. The molecule has 0 unspecified atom stereocenters.